The van der Waals surface area contributed by atoms with Gasteiger partial charge in [0.1, 0.15) is 12.2 Å². The van der Waals surface area contributed by atoms with Crippen molar-refractivity contribution in [1.82, 2.24) is 5.32 Å². The first-order valence-electron chi connectivity index (χ1n) is 5.09. The van der Waals surface area contributed by atoms with Crippen LogP contribution in [0.2, 0.25) is 0 Å². The number of hydrogen-bond donors (Lipinski definition) is 1. The van der Waals surface area contributed by atoms with Crippen molar-refractivity contribution in [2.75, 3.05) is 20.2 Å². The van der Waals surface area contributed by atoms with Gasteiger partial charge in [-0.05, 0) is 12.1 Å². The zero-order valence-electron chi connectivity index (χ0n) is 8.53. The van der Waals surface area contributed by atoms with Gasteiger partial charge in [0.05, 0.1) is 7.11 Å². The highest BCUT2D eigenvalue weighted by Crippen LogP contribution is 2.41. The lowest BCUT2D eigenvalue weighted by atomic mass is 10.2. The van der Waals surface area contributed by atoms with Gasteiger partial charge in [0.25, 0.3) is 0 Å². The molecule has 2 atom stereocenters. The molecule has 0 aliphatic carbocycles. The standard InChI is InChI=1S/C11H13NO3/c1-13-7-3-2-4-8-11(7)15-10-6-12-5-9(10)14-8/h2-4,9-10,12H,5-6H2,1H3/t9-,10-/m0/s1. The van der Waals surface area contributed by atoms with E-state index in [9.17, 15) is 0 Å². The molecule has 0 spiro atoms. The Labute approximate surface area is 88.1 Å². The molecule has 1 fully saturated rings. The molecular formula is C11H13NO3. The Morgan fingerprint density at radius 3 is 2.87 bits per heavy atom. The van der Waals surface area contributed by atoms with E-state index in [0.717, 1.165) is 30.3 Å². The van der Waals surface area contributed by atoms with Gasteiger partial charge in [-0.25, -0.2) is 0 Å². The molecule has 2 aliphatic heterocycles. The number of methoxy groups -OCH3 is 1. The fourth-order valence-corrected chi connectivity index (χ4v) is 2.05. The van der Waals surface area contributed by atoms with E-state index in [-0.39, 0.29) is 12.2 Å². The molecule has 0 aromatic heterocycles. The van der Waals surface area contributed by atoms with Crippen molar-refractivity contribution < 1.29 is 14.2 Å². The van der Waals surface area contributed by atoms with Crippen LogP contribution < -0.4 is 19.5 Å². The van der Waals surface area contributed by atoms with Gasteiger partial charge in [-0.3, -0.25) is 0 Å². The Morgan fingerprint density at radius 1 is 1.27 bits per heavy atom. The van der Waals surface area contributed by atoms with Crippen LogP contribution in [0.25, 0.3) is 0 Å². The van der Waals surface area contributed by atoms with Crippen LogP contribution >= 0.6 is 0 Å². The molecule has 3 rings (SSSR count). The van der Waals surface area contributed by atoms with Gasteiger partial charge in [-0.15, -0.1) is 0 Å². The molecule has 0 bridgehead atoms. The minimum absolute atomic E-state index is 0.105. The quantitative estimate of drug-likeness (QED) is 0.739. The highest BCUT2D eigenvalue weighted by atomic mass is 16.6. The summed E-state index contributed by atoms with van der Waals surface area (Å²) in [6, 6.07) is 5.70. The van der Waals surface area contributed by atoms with Crippen LogP contribution in [0.4, 0.5) is 0 Å². The number of fused-ring (bicyclic) bond motifs is 2. The lowest BCUT2D eigenvalue weighted by molar-refractivity contribution is 0.0523. The lowest BCUT2D eigenvalue weighted by Gasteiger charge is -2.29. The Bertz CT molecular complexity index is 380. The molecule has 0 radical (unpaired) electrons. The number of para-hydroxylation sites is 1. The first-order valence-corrected chi connectivity index (χ1v) is 5.09. The van der Waals surface area contributed by atoms with Crippen LogP contribution in [0.1, 0.15) is 0 Å². The summed E-state index contributed by atoms with van der Waals surface area (Å²) in [4.78, 5) is 0. The molecule has 15 heavy (non-hydrogen) atoms. The number of hydrogen-bond acceptors (Lipinski definition) is 4. The van der Waals surface area contributed by atoms with E-state index in [4.69, 9.17) is 14.2 Å². The molecule has 4 heteroatoms. The maximum Gasteiger partial charge on any atom is 0.204 e. The highest BCUT2D eigenvalue weighted by Gasteiger charge is 2.36. The van der Waals surface area contributed by atoms with E-state index in [1.807, 2.05) is 18.2 Å². The predicted octanol–water partition coefficient (Wildman–Crippen LogP) is 0.807. The Balaban J connectivity index is 1.99. The van der Waals surface area contributed by atoms with Gasteiger partial charge < -0.3 is 19.5 Å². The van der Waals surface area contributed by atoms with Crippen LogP contribution in [-0.4, -0.2) is 32.4 Å². The van der Waals surface area contributed by atoms with Gasteiger partial charge in [-0.1, -0.05) is 6.07 Å². The average Bonchev–Trinajstić information content (AvgIpc) is 2.72. The van der Waals surface area contributed by atoms with Crippen LogP contribution in [-0.2, 0) is 0 Å². The van der Waals surface area contributed by atoms with Crippen molar-refractivity contribution in [2.24, 2.45) is 0 Å². The smallest absolute Gasteiger partial charge is 0.204 e. The van der Waals surface area contributed by atoms with Crippen LogP contribution in [0.5, 0.6) is 17.2 Å². The van der Waals surface area contributed by atoms with E-state index in [1.54, 1.807) is 7.11 Å². The molecule has 1 aromatic carbocycles. The van der Waals surface area contributed by atoms with Gasteiger partial charge in [0.2, 0.25) is 5.75 Å². The third kappa shape index (κ3) is 1.33. The fraction of sp³-hybridized carbons (Fsp3) is 0.455. The normalized spacial score (nSPS) is 27.3. The summed E-state index contributed by atoms with van der Waals surface area (Å²) in [6.07, 6.45) is 0.235. The summed E-state index contributed by atoms with van der Waals surface area (Å²) in [5.41, 5.74) is 0. The Kier molecular flexibility index (Phi) is 1.95. The largest absolute Gasteiger partial charge is 0.493 e. The molecule has 1 aromatic rings. The fourth-order valence-electron chi connectivity index (χ4n) is 2.05. The second-order valence-corrected chi connectivity index (χ2v) is 3.76. The van der Waals surface area contributed by atoms with Gasteiger partial charge in [0.15, 0.2) is 11.5 Å². The molecule has 0 unspecified atom stereocenters. The van der Waals surface area contributed by atoms with Crippen LogP contribution in [0.15, 0.2) is 18.2 Å². The number of rotatable bonds is 1. The molecule has 4 nitrogen and oxygen atoms in total. The van der Waals surface area contributed by atoms with Gasteiger partial charge in [0, 0.05) is 13.1 Å². The first-order chi connectivity index (χ1) is 7.38. The summed E-state index contributed by atoms with van der Waals surface area (Å²) >= 11 is 0. The summed E-state index contributed by atoms with van der Waals surface area (Å²) in [5.74, 6) is 2.24. The van der Waals surface area contributed by atoms with Gasteiger partial charge >= 0.3 is 0 Å². The minimum atomic E-state index is 0.105. The van der Waals surface area contributed by atoms with Crippen LogP contribution in [0, 0.1) is 0 Å². The zero-order chi connectivity index (χ0) is 10.3. The molecule has 1 N–H and O–H groups in total. The zero-order valence-corrected chi connectivity index (χ0v) is 8.53. The average molecular weight is 207 g/mol. The summed E-state index contributed by atoms with van der Waals surface area (Å²) < 4.78 is 16.9. The van der Waals surface area contributed by atoms with E-state index in [1.165, 1.54) is 0 Å². The number of benzene rings is 1. The summed E-state index contributed by atoms with van der Waals surface area (Å²) in [5, 5.41) is 3.25. The van der Waals surface area contributed by atoms with Crippen LogP contribution in [0.3, 0.4) is 0 Å². The molecule has 2 heterocycles. The first kappa shape index (κ1) is 8.85. The third-order valence-electron chi connectivity index (χ3n) is 2.82. The molecular weight excluding hydrogens is 194 g/mol. The van der Waals surface area contributed by atoms with Crippen molar-refractivity contribution in [2.45, 2.75) is 12.2 Å². The topological polar surface area (TPSA) is 39.7 Å². The third-order valence-corrected chi connectivity index (χ3v) is 2.82. The lowest BCUT2D eigenvalue weighted by Crippen LogP contribution is -2.38. The predicted molar refractivity (Wildman–Crippen MR) is 54.7 cm³/mol. The second kappa shape index (κ2) is 3.31. The number of ether oxygens (including phenoxy) is 3. The maximum absolute atomic E-state index is 5.87. The van der Waals surface area contributed by atoms with Crippen molar-refractivity contribution in [1.29, 1.82) is 0 Å². The molecule has 80 valence electrons. The maximum atomic E-state index is 5.87. The summed E-state index contributed by atoms with van der Waals surface area (Å²) in [6.45, 7) is 1.68. The van der Waals surface area contributed by atoms with Crippen molar-refractivity contribution in [3.8, 4) is 17.2 Å². The van der Waals surface area contributed by atoms with Crippen molar-refractivity contribution in [3.63, 3.8) is 0 Å². The van der Waals surface area contributed by atoms with E-state index in [2.05, 4.69) is 5.32 Å². The SMILES string of the molecule is COc1cccc2c1O[C@H]1CNC[C@@H]1O2. The van der Waals surface area contributed by atoms with E-state index >= 15 is 0 Å². The Morgan fingerprint density at radius 2 is 2.07 bits per heavy atom. The highest BCUT2D eigenvalue weighted by molar-refractivity contribution is 5.52. The molecule has 0 saturated carbocycles. The van der Waals surface area contributed by atoms with Crippen molar-refractivity contribution >= 4 is 0 Å². The summed E-state index contributed by atoms with van der Waals surface area (Å²) in [7, 11) is 1.64. The molecule has 0 amide bonds. The van der Waals surface area contributed by atoms with E-state index in [0.29, 0.717) is 0 Å². The van der Waals surface area contributed by atoms with Gasteiger partial charge in [-0.2, -0.15) is 0 Å². The molecule has 1 saturated heterocycles. The number of nitrogens with one attached hydrogen (secondary N) is 1. The Hall–Kier alpha value is -1.42. The van der Waals surface area contributed by atoms with E-state index < -0.39 is 0 Å². The van der Waals surface area contributed by atoms with Crippen molar-refractivity contribution in [3.05, 3.63) is 18.2 Å². The molecule has 2 aliphatic rings. The minimum Gasteiger partial charge on any atom is -0.493 e. The second-order valence-electron chi connectivity index (χ2n) is 3.76. The monoisotopic (exact) mass is 207 g/mol.